The van der Waals surface area contributed by atoms with Crippen molar-refractivity contribution in [1.29, 1.82) is 0 Å². The van der Waals surface area contributed by atoms with Gasteiger partial charge in [0.15, 0.2) is 9.84 Å². The molecule has 0 amide bonds. The molecule has 0 aromatic rings. The molecule has 0 radical (unpaired) electrons. The summed E-state index contributed by atoms with van der Waals surface area (Å²) < 4.78 is 22.9. The lowest BCUT2D eigenvalue weighted by Gasteiger charge is -2.32. The molecule has 0 spiro atoms. The van der Waals surface area contributed by atoms with E-state index in [0.717, 1.165) is 32.1 Å². The molecule has 4 heteroatoms. The lowest BCUT2D eigenvalue weighted by Crippen LogP contribution is -2.44. The van der Waals surface area contributed by atoms with Crippen LogP contribution in [0.1, 0.15) is 39.0 Å². The minimum absolute atomic E-state index is 0.141. The lowest BCUT2D eigenvalue weighted by molar-refractivity contribution is 0.309. The van der Waals surface area contributed by atoms with Crippen molar-refractivity contribution in [3.63, 3.8) is 0 Å². The highest BCUT2D eigenvalue weighted by atomic mass is 32.2. The van der Waals surface area contributed by atoms with Crippen LogP contribution < -0.4 is 5.73 Å². The van der Waals surface area contributed by atoms with Gasteiger partial charge in [-0.1, -0.05) is 19.8 Å². The van der Waals surface area contributed by atoms with Gasteiger partial charge in [-0.15, -0.1) is 0 Å². The van der Waals surface area contributed by atoms with E-state index in [4.69, 9.17) is 5.73 Å². The van der Waals surface area contributed by atoms with Gasteiger partial charge in [0, 0.05) is 12.3 Å². The van der Waals surface area contributed by atoms with Crippen LogP contribution in [0.4, 0.5) is 0 Å². The number of rotatable bonds is 3. The maximum atomic E-state index is 11.5. The molecule has 84 valence electrons. The first kappa shape index (κ1) is 12.0. The average molecular weight is 219 g/mol. The molecule has 1 rings (SSSR count). The second-order valence-corrected chi connectivity index (χ2v) is 6.76. The van der Waals surface area contributed by atoms with Crippen molar-refractivity contribution in [2.75, 3.05) is 6.26 Å². The van der Waals surface area contributed by atoms with Gasteiger partial charge in [0.1, 0.15) is 0 Å². The van der Waals surface area contributed by atoms with Crippen LogP contribution >= 0.6 is 0 Å². The van der Waals surface area contributed by atoms with Crippen LogP contribution in [0.25, 0.3) is 0 Å². The highest BCUT2D eigenvalue weighted by Crippen LogP contribution is 2.30. The quantitative estimate of drug-likeness (QED) is 0.779. The van der Waals surface area contributed by atoms with Gasteiger partial charge >= 0.3 is 0 Å². The van der Waals surface area contributed by atoms with Gasteiger partial charge < -0.3 is 5.73 Å². The van der Waals surface area contributed by atoms with E-state index in [-0.39, 0.29) is 11.3 Å². The summed E-state index contributed by atoms with van der Waals surface area (Å²) in [6, 6.07) is -0.141. The summed E-state index contributed by atoms with van der Waals surface area (Å²) in [6.45, 7) is 2.14. The van der Waals surface area contributed by atoms with Crippen molar-refractivity contribution in [2.24, 2.45) is 11.7 Å². The number of hydrogen-bond acceptors (Lipinski definition) is 3. The molecule has 0 aromatic heterocycles. The molecule has 3 nitrogen and oxygen atoms in total. The molecule has 0 bridgehead atoms. The molecule has 1 aliphatic rings. The fourth-order valence-corrected chi connectivity index (χ4v) is 3.79. The Balaban J connectivity index is 2.65. The molecule has 0 saturated heterocycles. The minimum Gasteiger partial charge on any atom is -0.327 e. The van der Waals surface area contributed by atoms with Crippen LogP contribution in [-0.4, -0.2) is 26.0 Å². The monoisotopic (exact) mass is 219 g/mol. The summed E-state index contributed by atoms with van der Waals surface area (Å²) in [5, 5.41) is -0.298. The number of sulfone groups is 1. The molecular formula is C10H21NO2S. The molecule has 0 aromatic carbocycles. The SMILES string of the molecule is CCCC1CCC(N)C(S(C)(=O)=O)C1. The van der Waals surface area contributed by atoms with Crippen molar-refractivity contribution in [3.8, 4) is 0 Å². The molecule has 1 aliphatic carbocycles. The predicted octanol–water partition coefficient (Wildman–Crippen LogP) is 1.33. The standard InChI is InChI=1S/C10H21NO2S/c1-3-4-8-5-6-9(11)10(7-8)14(2,12)13/h8-10H,3-7,11H2,1-2H3. The fourth-order valence-electron chi connectivity index (χ4n) is 2.40. The van der Waals surface area contributed by atoms with Gasteiger partial charge in [-0.3, -0.25) is 0 Å². The fraction of sp³-hybridized carbons (Fsp3) is 1.00. The molecule has 3 atom stereocenters. The summed E-state index contributed by atoms with van der Waals surface area (Å²) in [7, 11) is -2.95. The van der Waals surface area contributed by atoms with Crippen LogP contribution in [0.2, 0.25) is 0 Å². The molecule has 3 unspecified atom stereocenters. The van der Waals surface area contributed by atoms with Gasteiger partial charge in [-0.25, -0.2) is 8.42 Å². The van der Waals surface area contributed by atoms with E-state index < -0.39 is 9.84 Å². The first-order chi connectivity index (χ1) is 6.45. The third-order valence-electron chi connectivity index (χ3n) is 3.20. The highest BCUT2D eigenvalue weighted by Gasteiger charge is 2.34. The van der Waals surface area contributed by atoms with Crippen molar-refractivity contribution >= 4 is 9.84 Å². The Hall–Kier alpha value is -0.0900. The van der Waals surface area contributed by atoms with Gasteiger partial charge in [-0.2, -0.15) is 0 Å². The Bertz CT molecular complexity index is 274. The van der Waals surface area contributed by atoms with Crippen molar-refractivity contribution in [1.82, 2.24) is 0 Å². The summed E-state index contributed by atoms with van der Waals surface area (Å²) in [5.74, 6) is 0.569. The van der Waals surface area contributed by atoms with E-state index in [1.807, 2.05) is 0 Å². The van der Waals surface area contributed by atoms with Crippen LogP contribution in [0.3, 0.4) is 0 Å². The second kappa shape index (κ2) is 4.62. The largest absolute Gasteiger partial charge is 0.327 e. The summed E-state index contributed by atoms with van der Waals surface area (Å²) in [5.41, 5.74) is 5.84. The Kier molecular flexibility index (Phi) is 3.95. The van der Waals surface area contributed by atoms with E-state index in [1.165, 1.54) is 6.26 Å². The molecule has 1 saturated carbocycles. The Morgan fingerprint density at radius 3 is 2.50 bits per heavy atom. The smallest absolute Gasteiger partial charge is 0.151 e. The van der Waals surface area contributed by atoms with E-state index in [0.29, 0.717) is 5.92 Å². The first-order valence-electron chi connectivity index (χ1n) is 5.39. The van der Waals surface area contributed by atoms with E-state index in [1.54, 1.807) is 0 Å². The zero-order valence-corrected chi connectivity index (χ0v) is 9.89. The summed E-state index contributed by atoms with van der Waals surface area (Å²) in [4.78, 5) is 0. The molecule has 2 N–H and O–H groups in total. The zero-order valence-electron chi connectivity index (χ0n) is 9.07. The second-order valence-electron chi connectivity index (χ2n) is 4.50. The van der Waals surface area contributed by atoms with Crippen LogP contribution in [0.15, 0.2) is 0 Å². The first-order valence-corrected chi connectivity index (χ1v) is 7.35. The van der Waals surface area contributed by atoms with Gasteiger partial charge in [0.05, 0.1) is 5.25 Å². The number of hydrogen-bond donors (Lipinski definition) is 1. The molecule has 1 fully saturated rings. The Labute approximate surface area is 87.0 Å². The van der Waals surface area contributed by atoms with Crippen molar-refractivity contribution in [3.05, 3.63) is 0 Å². The minimum atomic E-state index is -2.95. The van der Waals surface area contributed by atoms with E-state index in [2.05, 4.69) is 6.92 Å². The van der Waals surface area contributed by atoms with Gasteiger partial charge in [0.2, 0.25) is 0 Å². The number of nitrogens with two attached hydrogens (primary N) is 1. The van der Waals surface area contributed by atoms with Crippen molar-refractivity contribution < 1.29 is 8.42 Å². The third kappa shape index (κ3) is 2.95. The van der Waals surface area contributed by atoms with Crippen LogP contribution in [0.5, 0.6) is 0 Å². The maximum absolute atomic E-state index is 11.5. The van der Waals surface area contributed by atoms with Gasteiger partial charge in [-0.05, 0) is 25.2 Å². The zero-order chi connectivity index (χ0) is 10.8. The molecule has 0 aliphatic heterocycles. The van der Waals surface area contributed by atoms with E-state index >= 15 is 0 Å². The average Bonchev–Trinajstić information content (AvgIpc) is 2.07. The lowest BCUT2D eigenvalue weighted by atomic mass is 9.83. The third-order valence-corrected chi connectivity index (χ3v) is 4.84. The Morgan fingerprint density at radius 2 is 2.00 bits per heavy atom. The molecule has 14 heavy (non-hydrogen) atoms. The predicted molar refractivity (Wildman–Crippen MR) is 58.9 cm³/mol. The van der Waals surface area contributed by atoms with Crippen LogP contribution in [0, 0.1) is 5.92 Å². The van der Waals surface area contributed by atoms with E-state index in [9.17, 15) is 8.42 Å². The topological polar surface area (TPSA) is 60.2 Å². The highest BCUT2D eigenvalue weighted by molar-refractivity contribution is 7.91. The van der Waals surface area contributed by atoms with Crippen LogP contribution in [-0.2, 0) is 9.84 Å². The summed E-state index contributed by atoms with van der Waals surface area (Å²) >= 11 is 0. The van der Waals surface area contributed by atoms with Crippen molar-refractivity contribution in [2.45, 2.75) is 50.3 Å². The maximum Gasteiger partial charge on any atom is 0.151 e. The van der Waals surface area contributed by atoms with Gasteiger partial charge in [0.25, 0.3) is 0 Å². The molecular weight excluding hydrogens is 198 g/mol. The normalized spacial score (nSPS) is 34.4. The Morgan fingerprint density at radius 1 is 1.36 bits per heavy atom. The molecule has 0 heterocycles. The summed E-state index contributed by atoms with van der Waals surface area (Å²) in [6.07, 6.45) is 6.32.